The second-order valence-electron chi connectivity index (χ2n) is 5.81. The zero-order chi connectivity index (χ0) is 14.4. The summed E-state index contributed by atoms with van der Waals surface area (Å²) in [5.41, 5.74) is 0.457. The fraction of sp³-hybridized carbons (Fsp3) is 0.562. The Morgan fingerprint density at radius 3 is 2.60 bits per heavy atom. The van der Waals surface area contributed by atoms with Crippen LogP contribution in [0.15, 0.2) is 30.3 Å². The normalized spacial score (nSPS) is 26.0. The van der Waals surface area contributed by atoms with Crippen molar-refractivity contribution >= 4 is 6.09 Å². The lowest BCUT2D eigenvalue weighted by atomic mass is 9.78. The maximum absolute atomic E-state index is 11.9. The van der Waals surface area contributed by atoms with E-state index >= 15 is 0 Å². The molecule has 2 rings (SSSR count). The molecule has 0 saturated heterocycles. The number of alkyl carbamates (subject to hydrolysis) is 1. The Balaban J connectivity index is 1.83. The molecular formula is C16H23NO3. The molecule has 1 aliphatic rings. The lowest BCUT2D eigenvalue weighted by Gasteiger charge is -2.38. The first-order chi connectivity index (χ1) is 9.63. The van der Waals surface area contributed by atoms with Crippen molar-refractivity contribution in [2.75, 3.05) is 6.61 Å². The summed E-state index contributed by atoms with van der Waals surface area (Å²) in [6, 6.07) is 9.57. The molecule has 0 atom stereocenters. The van der Waals surface area contributed by atoms with Crippen LogP contribution in [0.4, 0.5) is 4.79 Å². The zero-order valence-electron chi connectivity index (χ0n) is 12.0. The molecule has 2 N–H and O–H groups in total. The largest absolute Gasteiger partial charge is 0.445 e. The first-order valence-corrected chi connectivity index (χ1v) is 7.23. The molecule has 4 nitrogen and oxygen atoms in total. The topological polar surface area (TPSA) is 58.6 Å². The Kier molecular flexibility index (Phi) is 5.01. The summed E-state index contributed by atoms with van der Waals surface area (Å²) < 4.78 is 5.22. The van der Waals surface area contributed by atoms with E-state index in [1.54, 1.807) is 0 Å². The Hall–Kier alpha value is -1.55. The van der Waals surface area contributed by atoms with Crippen LogP contribution in [0.5, 0.6) is 0 Å². The molecular weight excluding hydrogens is 254 g/mol. The number of aliphatic hydroxyl groups excluding tert-OH is 1. The number of amides is 1. The number of rotatable bonds is 4. The molecule has 0 aliphatic heterocycles. The van der Waals surface area contributed by atoms with E-state index in [1.807, 2.05) is 30.3 Å². The van der Waals surface area contributed by atoms with Gasteiger partial charge in [-0.2, -0.15) is 0 Å². The van der Waals surface area contributed by atoms with Crippen LogP contribution in [0, 0.1) is 5.92 Å². The van der Waals surface area contributed by atoms with Gasteiger partial charge in [-0.25, -0.2) is 4.79 Å². The molecule has 4 heteroatoms. The molecule has 20 heavy (non-hydrogen) atoms. The Labute approximate surface area is 120 Å². The van der Waals surface area contributed by atoms with Gasteiger partial charge in [0.2, 0.25) is 0 Å². The van der Waals surface area contributed by atoms with Gasteiger partial charge in [0.25, 0.3) is 0 Å². The van der Waals surface area contributed by atoms with E-state index in [2.05, 4.69) is 12.2 Å². The van der Waals surface area contributed by atoms with Crippen molar-refractivity contribution in [1.29, 1.82) is 0 Å². The SMILES string of the molecule is CC1CCC(CO)(NC(=O)OCc2ccccc2)CC1. The van der Waals surface area contributed by atoms with E-state index in [0.29, 0.717) is 5.92 Å². The van der Waals surface area contributed by atoms with Crippen LogP contribution in [-0.2, 0) is 11.3 Å². The molecule has 0 heterocycles. The Bertz CT molecular complexity index is 425. The van der Waals surface area contributed by atoms with Crippen LogP contribution < -0.4 is 5.32 Å². The van der Waals surface area contributed by atoms with Gasteiger partial charge in [-0.05, 0) is 37.2 Å². The van der Waals surface area contributed by atoms with Crippen LogP contribution in [0.25, 0.3) is 0 Å². The Morgan fingerprint density at radius 1 is 1.35 bits per heavy atom. The number of carbonyl (C=O) groups excluding carboxylic acids is 1. The van der Waals surface area contributed by atoms with Crippen LogP contribution in [0.1, 0.15) is 38.2 Å². The lowest BCUT2D eigenvalue weighted by molar-refractivity contribution is 0.0808. The molecule has 0 radical (unpaired) electrons. The number of benzene rings is 1. The summed E-state index contributed by atoms with van der Waals surface area (Å²) in [4.78, 5) is 11.9. The molecule has 0 spiro atoms. The van der Waals surface area contributed by atoms with Crippen LogP contribution in [-0.4, -0.2) is 23.3 Å². The highest BCUT2D eigenvalue weighted by atomic mass is 16.5. The highest BCUT2D eigenvalue weighted by Gasteiger charge is 2.35. The lowest BCUT2D eigenvalue weighted by Crippen LogP contribution is -2.53. The standard InChI is InChI=1S/C16H23NO3/c1-13-7-9-16(12-18,10-8-13)17-15(19)20-11-14-5-3-2-4-6-14/h2-6,13,18H,7-12H2,1H3,(H,17,19). The third-order valence-electron chi connectivity index (χ3n) is 4.11. The predicted molar refractivity (Wildman–Crippen MR) is 77.2 cm³/mol. The van der Waals surface area contributed by atoms with Crippen LogP contribution >= 0.6 is 0 Å². The van der Waals surface area contributed by atoms with Crippen molar-refractivity contribution in [1.82, 2.24) is 5.32 Å². The molecule has 1 aromatic carbocycles. The summed E-state index contributed by atoms with van der Waals surface area (Å²) in [5, 5.41) is 12.5. The first kappa shape index (κ1) is 14.9. The molecule has 110 valence electrons. The second-order valence-corrected chi connectivity index (χ2v) is 5.81. The van der Waals surface area contributed by atoms with Crippen LogP contribution in [0.2, 0.25) is 0 Å². The molecule has 1 aliphatic carbocycles. The van der Waals surface area contributed by atoms with Gasteiger partial charge in [0.05, 0.1) is 12.1 Å². The van der Waals surface area contributed by atoms with Gasteiger partial charge in [0.15, 0.2) is 0 Å². The molecule has 0 aromatic heterocycles. The summed E-state index contributed by atoms with van der Waals surface area (Å²) in [5.74, 6) is 0.664. The summed E-state index contributed by atoms with van der Waals surface area (Å²) in [7, 11) is 0. The third-order valence-corrected chi connectivity index (χ3v) is 4.11. The van der Waals surface area contributed by atoms with Crippen molar-refractivity contribution in [2.45, 2.75) is 44.8 Å². The smallest absolute Gasteiger partial charge is 0.407 e. The van der Waals surface area contributed by atoms with Gasteiger partial charge in [-0.3, -0.25) is 0 Å². The number of hydrogen-bond donors (Lipinski definition) is 2. The molecule has 0 unspecified atom stereocenters. The van der Waals surface area contributed by atoms with E-state index in [0.717, 1.165) is 31.2 Å². The molecule has 1 saturated carbocycles. The average molecular weight is 277 g/mol. The average Bonchev–Trinajstić information content (AvgIpc) is 2.49. The first-order valence-electron chi connectivity index (χ1n) is 7.23. The summed E-state index contributed by atoms with van der Waals surface area (Å²) >= 11 is 0. The van der Waals surface area contributed by atoms with Gasteiger partial charge >= 0.3 is 6.09 Å². The summed E-state index contributed by atoms with van der Waals surface area (Å²) in [6.45, 7) is 2.43. The number of carbonyl (C=O) groups is 1. The predicted octanol–water partition coefficient (Wildman–Crippen LogP) is 2.85. The zero-order valence-corrected chi connectivity index (χ0v) is 12.0. The van der Waals surface area contributed by atoms with E-state index < -0.39 is 11.6 Å². The fourth-order valence-corrected chi connectivity index (χ4v) is 2.61. The Morgan fingerprint density at radius 2 is 2.00 bits per heavy atom. The van der Waals surface area contributed by atoms with Crippen molar-refractivity contribution in [3.63, 3.8) is 0 Å². The van der Waals surface area contributed by atoms with Gasteiger partial charge in [-0.1, -0.05) is 37.3 Å². The minimum absolute atomic E-state index is 0.0276. The maximum atomic E-state index is 11.9. The van der Waals surface area contributed by atoms with E-state index in [-0.39, 0.29) is 13.2 Å². The van der Waals surface area contributed by atoms with E-state index in [4.69, 9.17) is 4.74 Å². The molecule has 1 aromatic rings. The third kappa shape index (κ3) is 3.97. The van der Waals surface area contributed by atoms with Crippen molar-refractivity contribution in [2.24, 2.45) is 5.92 Å². The van der Waals surface area contributed by atoms with Crippen molar-refractivity contribution in [3.8, 4) is 0 Å². The molecule has 0 bridgehead atoms. The van der Waals surface area contributed by atoms with Gasteiger partial charge < -0.3 is 15.2 Å². The molecule has 1 amide bonds. The van der Waals surface area contributed by atoms with E-state index in [9.17, 15) is 9.90 Å². The summed E-state index contributed by atoms with van der Waals surface area (Å²) in [6.07, 6.45) is 3.23. The molecule has 1 fully saturated rings. The van der Waals surface area contributed by atoms with E-state index in [1.165, 1.54) is 0 Å². The number of aliphatic hydroxyl groups is 1. The quantitative estimate of drug-likeness (QED) is 0.889. The van der Waals surface area contributed by atoms with Gasteiger partial charge in [0.1, 0.15) is 6.61 Å². The minimum Gasteiger partial charge on any atom is -0.445 e. The van der Waals surface area contributed by atoms with Crippen LogP contribution in [0.3, 0.4) is 0 Å². The van der Waals surface area contributed by atoms with Gasteiger partial charge in [0, 0.05) is 0 Å². The van der Waals surface area contributed by atoms with Crippen molar-refractivity contribution in [3.05, 3.63) is 35.9 Å². The fourth-order valence-electron chi connectivity index (χ4n) is 2.61. The van der Waals surface area contributed by atoms with Crippen molar-refractivity contribution < 1.29 is 14.6 Å². The highest BCUT2D eigenvalue weighted by Crippen LogP contribution is 2.31. The monoisotopic (exact) mass is 277 g/mol. The number of nitrogens with one attached hydrogen (secondary N) is 1. The number of ether oxygens (including phenoxy) is 1. The maximum Gasteiger partial charge on any atom is 0.407 e. The minimum atomic E-state index is -0.500. The van der Waals surface area contributed by atoms with Gasteiger partial charge in [-0.15, -0.1) is 0 Å². The second kappa shape index (κ2) is 6.75. The highest BCUT2D eigenvalue weighted by molar-refractivity contribution is 5.68. The number of hydrogen-bond acceptors (Lipinski definition) is 3.